The van der Waals surface area contributed by atoms with Gasteiger partial charge in [0, 0.05) is 55.8 Å². The van der Waals surface area contributed by atoms with Crippen molar-refractivity contribution in [3.8, 4) is 33.8 Å². The first-order valence-electron chi connectivity index (χ1n) is 16.3. The number of hydrogen-bond donors (Lipinski definition) is 0. The Morgan fingerprint density at radius 3 is 1.83 bits per heavy atom. The highest BCUT2D eigenvalue weighted by molar-refractivity contribution is 6.13. The minimum Gasteiger partial charge on any atom is -0.313 e. The monoisotopic (exact) mass is 603 g/mol. The maximum Gasteiger partial charge on any atom is 0.0641 e. The molecule has 8 aromatic rings. The smallest absolute Gasteiger partial charge is 0.0641 e. The molecule has 3 heteroatoms. The number of anilines is 3. The molecule has 6 aromatic carbocycles. The fraction of sp³-hybridized carbons (Fsp3) is 0.0455. The van der Waals surface area contributed by atoms with Crippen LogP contribution in [0.3, 0.4) is 0 Å². The summed E-state index contributed by atoms with van der Waals surface area (Å²) in [6.45, 7) is 4.31. The van der Waals surface area contributed by atoms with Crippen molar-refractivity contribution in [2.75, 3.05) is 4.90 Å². The normalized spacial score (nSPS) is 12.3. The van der Waals surface area contributed by atoms with Gasteiger partial charge in [0.1, 0.15) is 0 Å². The molecule has 0 spiro atoms. The molecule has 1 aliphatic heterocycles. The van der Waals surface area contributed by atoms with E-state index in [1.165, 1.54) is 55.4 Å². The fourth-order valence-electron chi connectivity index (χ4n) is 7.64. The Labute approximate surface area is 274 Å². The van der Waals surface area contributed by atoms with Crippen molar-refractivity contribution in [3.63, 3.8) is 0 Å². The summed E-state index contributed by atoms with van der Waals surface area (Å²) in [7, 11) is 0. The van der Waals surface area contributed by atoms with E-state index >= 15 is 0 Å². The van der Waals surface area contributed by atoms with E-state index in [0.717, 1.165) is 28.4 Å². The van der Waals surface area contributed by atoms with Crippen LogP contribution in [0.15, 0.2) is 158 Å². The van der Waals surface area contributed by atoms with Crippen molar-refractivity contribution >= 4 is 44.9 Å². The molecular weight excluding hydrogens is 571 g/mol. The van der Waals surface area contributed by atoms with Gasteiger partial charge >= 0.3 is 0 Å². The number of rotatable bonds is 4. The molecule has 9 rings (SSSR count). The van der Waals surface area contributed by atoms with Crippen molar-refractivity contribution in [2.24, 2.45) is 0 Å². The van der Waals surface area contributed by atoms with Gasteiger partial charge in [-0.25, -0.2) is 0 Å². The topological polar surface area (TPSA) is 13.1 Å². The molecule has 0 bridgehead atoms. The summed E-state index contributed by atoms with van der Waals surface area (Å²) in [5.74, 6) is 0. The minimum absolute atomic E-state index is 1.12. The van der Waals surface area contributed by atoms with E-state index in [2.05, 4.69) is 192 Å². The zero-order valence-electron chi connectivity index (χ0n) is 26.4. The SMILES string of the molecule is C/C=C\c1c(C)n(-c2cccc(N3c4ccccc4-c4c(n(-c5ccccc5)c5ccccc45)-c4ccccc43)c2)c2ccccc12. The third-order valence-corrected chi connectivity index (χ3v) is 9.54. The van der Waals surface area contributed by atoms with Crippen LogP contribution in [0.2, 0.25) is 0 Å². The van der Waals surface area contributed by atoms with Crippen molar-refractivity contribution in [1.82, 2.24) is 9.13 Å². The van der Waals surface area contributed by atoms with Gasteiger partial charge in [0.25, 0.3) is 0 Å². The zero-order valence-corrected chi connectivity index (χ0v) is 26.4. The highest BCUT2D eigenvalue weighted by atomic mass is 15.2. The molecule has 2 aromatic heterocycles. The number of nitrogens with zero attached hydrogens (tertiary/aromatic N) is 3. The van der Waals surface area contributed by atoms with Crippen LogP contribution in [0, 0.1) is 6.92 Å². The Morgan fingerprint density at radius 2 is 1.06 bits per heavy atom. The van der Waals surface area contributed by atoms with Crippen LogP contribution in [0.1, 0.15) is 18.2 Å². The summed E-state index contributed by atoms with van der Waals surface area (Å²) in [6.07, 6.45) is 4.35. The first-order chi connectivity index (χ1) is 23.2. The lowest BCUT2D eigenvalue weighted by Gasteiger charge is -2.28. The van der Waals surface area contributed by atoms with Crippen LogP contribution < -0.4 is 4.90 Å². The van der Waals surface area contributed by atoms with Crippen LogP contribution in [0.5, 0.6) is 0 Å². The van der Waals surface area contributed by atoms with Gasteiger partial charge in [-0.15, -0.1) is 0 Å². The van der Waals surface area contributed by atoms with E-state index in [4.69, 9.17) is 0 Å². The lowest BCUT2D eigenvalue weighted by Crippen LogP contribution is -2.12. The highest BCUT2D eigenvalue weighted by Gasteiger charge is 2.31. The summed E-state index contributed by atoms with van der Waals surface area (Å²) < 4.78 is 4.84. The van der Waals surface area contributed by atoms with E-state index in [9.17, 15) is 0 Å². The molecular formula is C44H33N3. The first-order valence-corrected chi connectivity index (χ1v) is 16.3. The van der Waals surface area contributed by atoms with Crippen LogP contribution in [-0.2, 0) is 0 Å². The maximum absolute atomic E-state index is 2.45. The molecule has 0 unspecified atom stereocenters. The highest BCUT2D eigenvalue weighted by Crippen LogP contribution is 2.54. The van der Waals surface area contributed by atoms with Crippen LogP contribution >= 0.6 is 0 Å². The molecule has 3 nitrogen and oxygen atoms in total. The fourth-order valence-corrected chi connectivity index (χ4v) is 7.64. The summed E-state index contributed by atoms with van der Waals surface area (Å²) in [5.41, 5.74) is 15.5. The molecule has 0 amide bonds. The van der Waals surface area contributed by atoms with E-state index in [-0.39, 0.29) is 0 Å². The Hall–Kier alpha value is -6.06. The van der Waals surface area contributed by atoms with Gasteiger partial charge in [0.2, 0.25) is 0 Å². The zero-order chi connectivity index (χ0) is 31.5. The second-order valence-corrected chi connectivity index (χ2v) is 12.2. The predicted octanol–water partition coefficient (Wildman–Crippen LogP) is 12.0. The van der Waals surface area contributed by atoms with Crippen molar-refractivity contribution < 1.29 is 0 Å². The van der Waals surface area contributed by atoms with E-state index in [1.54, 1.807) is 0 Å². The molecule has 0 fully saturated rings. The molecule has 47 heavy (non-hydrogen) atoms. The number of fused-ring (bicyclic) bond motifs is 8. The number of aromatic nitrogens is 2. The number of para-hydroxylation sites is 5. The lowest BCUT2D eigenvalue weighted by molar-refractivity contribution is 1.05. The second-order valence-electron chi connectivity index (χ2n) is 12.2. The number of benzene rings is 6. The summed E-state index contributed by atoms with van der Waals surface area (Å²) in [6, 6.07) is 55.0. The number of allylic oxidation sites excluding steroid dienone is 1. The van der Waals surface area contributed by atoms with Crippen molar-refractivity contribution in [2.45, 2.75) is 13.8 Å². The molecule has 224 valence electrons. The average Bonchev–Trinajstić information content (AvgIpc) is 3.57. The van der Waals surface area contributed by atoms with Gasteiger partial charge in [-0.1, -0.05) is 109 Å². The summed E-state index contributed by atoms with van der Waals surface area (Å²) in [4.78, 5) is 2.45. The predicted molar refractivity (Wildman–Crippen MR) is 199 cm³/mol. The lowest BCUT2D eigenvalue weighted by atomic mass is 9.98. The molecule has 0 saturated carbocycles. The van der Waals surface area contributed by atoms with Crippen LogP contribution in [0.25, 0.3) is 61.6 Å². The third-order valence-electron chi connectivity index (χ3n) is 9.54. The Morgan fingerprint density at radius 1 is 0.489 bits per heavy atom. The van der Waals surface area contributed by atoms with Crippen LogP contribution in [-0.4, -0.2) is 9.13 Å². The maximum atomic E-state index is 2.45. The van der Waals surface area contributed by atoms with Gasteiger partial charge in [-0.3, -0.25) is 0 Å². The standard InChI is InChI=1S/C44H33N3/c1-3-16-34-30(2)45(39-25-11-7-21-35(34)39)32-19-15-20-33(29-32)46-40-26-12-8-22-36(40)43-37-23-9-13-27-41(37)47(31-17-5-4-6-18-31)44(43)38-24-10-14-28-42(38)46/h3-29H,1-2H3/b16-3-. The molecule has 0 saturated heterocycles. The Balaban J connectivity index is 1.34. The molecule has 0 radical (unpaired) electrons. The van der Waals surface area contributed by atoms with Crippen molar-refractivity contribution in [1.29, 1.82) is 0 Å². The Kier molecular flexibility index (Phi) is 6.26. The van der Waals surface area contributed by atoms with Crippen LogP contribution in [0.4, 0.5) is 17.1 Å². The van der Waals surface area contributed by atoms with E-state index < -0.39 is 0 Å². The Bertz CT molecular complexity index is 2490. The average molecular weight is 604 g/mol. The second kappa shape index (κ2) is 10.8. The first kappa shape index (κ1) is 27.3. The summed E-state index contributed by atoms with van der Waals surface area (Å²) in [5, 5.41) is 2.51. The molecule has 0 N–H and O–H groups in total. The van der Waals surface area contributed by atoms with E-state index in [0.29, 0.717) is 0 Å². The number of hydrogen-bond acceptors (Lipinski definition) is 1. The van der Waals surface area contributed by atoms with Gasteiger partial charge in [-0.2, -0.15) is 0 Å². The molecule has 0 aliphatic carbocycles. The molecule has 1 aliphatic rings. The third kappa shape index (κ3) is 4.06. The molecule has 0 atom stereocenters. The summed E-state index contributed by atoms with van der Waals surface area (Å²) >= 11 is 0. The van der Waals surface area contributed by atoms with E-state index in [1.807, 2.05) is 0 Å². The van der Waals surface area contributed by atoms with Gasteiger partial charge in [0.15, 0.2) is 0 Å². The minimum atomic E-state index is 1.12. The largest absolute Gasteiger partial charge is 0.313 e. The van der Waals surface area contributed by atoms with Crippen molar-refractivity contribution in [3.05, 3.63) is 169 Å². The van der Waals surface area contributed by atoms with Gasteiger partial charge in [-0.05, 0) is 68.4 Å². The molecule has 3 heterocycles. The quantitative estimate of drug-likeness (QED) is 0.195. The van der Waals surface area contributed by atoms with Gasteiger partial charge in [0.05, 0.1) is 28.1 Å². The van der Waals surface area contributed by atoms with Gasteiger partial charge < -0.3 is 14.0 Å².